The molecule has 0 aliphatic rings. The summed E-state index contributed by atoms with van der Waals surface area (Å²) in [6, 6.07) is 24.4. The molecule has 4 N–H and O–H groups in total. The van der Waals surface area contributed by atoms with Gasteiger partial charge in [-0.3, -0.25) is 19.0 Å². The number of benzene rings is 4. The van der Waals surface area contributed by atoms with Crippen LogP contribution in [0.15, 0.2) is 119 Å². The van der Waals surface area contributed by atoms with Crippen LogP contribution in [0.5, 0.6) is 34.5 Å². The van der Waals surface area contributed by atoms with Crippen LogP contribution in [-0.4, -0.2) is 96.4 Å². The number of aryl methyl sites for hydroxylation is 2. The van der Waals surface area contributed by atoms with E-state index in [1.54, 1.807) is 74.0 Å². The van der Waals surface area contributed by atoms with Crippen molar-refractivity contribution in [2.45, 2.75) is 35.8 Å². The van der Waals surface area contributed by atoms with E-state index in [9.17, 15) is 36.6 Å². The van der Waals surface area contributed by atoms with Crippen LogP contribution in [0, 0.1) is 0 Å². The molecule has 2 atom stereocenters. The molecule has 2 heterocycles. The van der Waals surface area contributed by atoms with E-state index in [2.05, 4.69) is 20.8 Å². The largest absolute Gasteiger partial charge is 0.488 e. The molecule has 0 spiro atoms. The highest BCUT2D eigenvalue weighted by molar-refractivity contribution is 7.91. The van der Waals surface area contributed by atoms with Gasteiger partial charge in [-0.05, 0) is 86.6 Å². The number of carbonyl (C=O) groups excluding carboxylic acids is 2. The predicted octanol–water partition coefficient (Wildman–Crippen LogP) is 5.68. The Morgan fingerprint density at radius 3 is 1.19 bits per heavy atom. The van der Waals surface area contributed by atoms with Crippen LogP contribution in [-0.2, 0) is 33.8 Å². The van der Waals surface area contributed by atoms with Crippen molar-refractivity contribution in [3.05, 3.63) is 121 Å². The van der Waals surface area contributed by atoms with Gasteiger partial charge in [-0.15, -0.1) is 12.4 Å². The number of halogens is 1. The van der Waals surface area contributed by atoms with Gasteiger partial charge in [-0.1, -0.05) is 0 Å². The molecule has 0 bridgehead atoms. The summed E-state index contributed by atoms with van der Waals surface area (Å²) in [6.45, 7) is 2.97. The van der Waals surface area contributed by atoms with Crippen molar-refractivity contribution >= 4 is 55.5 Å². The highest BCUT2D eigenvalue weighted by Crippen LogP contribution is 2.31. The maximum Gasteiger partial charge on any atom is 0.257 e. The SMILES string of the molecule is C[C@@H](CO)Oc1cc(Oc2ccc(S(C)(=O)=O)cc2)cc(C(=O)Nc2ccn(C)n2)c1.C[C@@H](CO)Oc1cc(Oc2ccc(S(C)(=O)=O)cc2)cc(C(=O)Nc2ccn(C)n2)c1.Cl. The molecule has 2 aromatic heterocycles. The number of amides is 2. The molecular formula is C42H47ClN6O12S2. The fraction of sp³-hybridized carbons (Fsp3) is 0.238. The van der Waals surface area contributed by atoms with Crippen molar-refractivity contribution in [1.82, 2.24) is 19.6 Å². The van der Waals surface area contributed by atoms with E-state index in [0.717, 1.165) is 12.5 Å². The van der Waals surface area contributed by atoms with E-state index < -0.39 is 43.7 Å². The van der Waals surface area contributed by atoms with Crippen LogP contribution in [0.1, 0.15) is 34.6 Å². The number of hydrogen-bond donors (Lipinski definition) is 4. The van der Waals surface area contributed by atoms with Crippen molar-refractivity contribution in [1.29, 1.82) is 0 Å². The normalized spacial score (nSPS) is 12.1. The van der Waals surface area contributed by atoms with E-state index in [1.165, 1.54) is 72.8 Å². The fourth-order valence-electron chi connectivity index (χ4n) is 5.32. The number of nitrogens with zero attached hydrogens (tertiary/aromatic N) is 4. The van der Waals surface area contributed by atoms with E-state index in [0.29, 0.717) is 46.1 Å². The minimum atomic E-state index is -3.32. The Bertz CT molecular complexity index is 2540. The second-order valence-electron chi connectivity index (χ2n) is 14.0. The fourth-order valence-corrected chi connectivity index (χ4v) is 6.58. The Hall–Kier alpha value is -6.45. The molecule has 0 unspecified atom stereocenters. The molecule has 2 amide bonds. The second kappa shape index (κ2) is 21.6. The van der Waals surface area contributed by atoms with Gasteiger partial charge in [0.15, 0.2) is 31.3 Å². The van der Waals surface area contributed by atoms with E-state index >= 15 is 0 Å². The van der Waals surface area contributed by atoms with Gasteiger partial charge in [0.25, 0.3) is 11.8 Å². The highest BCUT2D eigenvalue weighted by atomic mass is 35.5. The van der Waals surface area contributed by atoms with Crippen LogP contribution >= 0.6 is 12.4 Å². The summed E-state index contributed by atoms with van der Waals surface area (Å²) >= 11 is 0. The number of aromatic nitrogens is 4. The van der Waals surface area contributed by atoms with Gasteiger partial charge < -0.3 is 39.8 Å². The summed E-state index contributed by atoms with van der Waals surface area (Å²) in [7, 11) is -3.17. The number of ether oxygens (including phenoxy) is 4. The molecule has 336 valence electrons. The first-order valence-electron chi connectivity index (χ1n) is 18.7. The third-order valence-electron chi connectivity index (χ3n) is 8.36. The molecule has 0 saturated carbocycles. The molecule has 6 aromatic rings. The quantitative estimate of drug-likeness (QED) is 0.0914. The summed E-state index contributed by atoms with van der Waals surface area (Å²) in [6.07, 6.45) is 4.67. The second-order valence-corrected chi connectivity index (χ2v) is 18.0. The smallest absolute Gasteiger partial charge is 0.257 e. The molecular weight excluding hydrogens is 880 g/mol. The first-order valence-corrected chi connectivity index (χ1v) is 22.5. The number of aliphatic hydroxyl groups excluding tert-OH is 2. The lowest BCUT2D eigenvalue weighted by atomic mass is 10.2. The first-order chi connectivity index (χ1) is 29.3. The lowest BCUT2D eigenvalue weighted by Crippen LogP contribution is -2.17. The number of nitrogens with one attached hydrogen (secondary N) is 2. The van der Waals surface area contributed by atoms with Gasteiger partial charge >= 0.3 is 0 Å². The number of aliphatic hydroxyl groups is 2. The number of hydrogen-bond acceptors (Lipinski definition) is 14. The molecule has 21 heteroatoms. The lowest BCUT2D eigenvalue weighted by Gasteiger charge is -2.15. The molecule has 0 saturated heterocycles. The van der Waals surface area contributed by atoms with Gasteiger partial charge in [-0.25, -0.2) is 16.8 Å². The van der Waals surface area contributed by atoms with Crippen LogP contribution < -0.4 is 29.6 Å². The van der Waals surface area contributed by atoms with Crippen molar-refractivity contribution < 1.29 is 55.6 Å². The highest BCUT2D eigenvalue weighted by Gasteiger charge is 2.17. The number of anilines is 2. The van der Waals surface area contributed by atoms with Crippen LogP contribution in [0.25, 0.3) is 0 Å². The van der Waals surface area contributed by atoms with Crippen molar-refractivity contribution in [2.75, 3.05) is 36.4 Å². The number of sulfone groups is 2. The number of carbonyl (C=O) groups is 2. The average molecular weight is 927 g/mol. The van der Waals surface area contributed by atoms with Crippen molar-refractivity contribution in [3.63, 3.8) is 0 Å². The minimum Gasteiger partial charge on any atom is -0.488 e. The standard InChI is InChI=1S/2C21H23N3O6S.ClH/c2*1-14(13-25)29-17-10-15(21(26)22-20-8-9-24(2)23-20)11-18(12-17)30-16-4-6-19(7-5-16)31(3,27)28;/h2*4-12,14,25H,13H2,1-3H3,(H,22,23,26);1H/t2*14-;/m00./s1. The predicted molar refractivity (Wildman–Crippen MR) is 236 cm³/mol. The monoisotopic (exact) mass is 926 g/mol. The molecule has 6 rings (SSSR count). The Morgan fingerprint density at radius 2 is 0.905 bits per heavy atom. The summed E-state index contributed by atoms with van der Waals surface area (Å²) in [5.41, 5.74) is 0.520. The summed E-state index contributed by atoms with van der Waals surface area (Å²) in [4.78, 5) is 25.7. The molecule has 0 fully saturated rings. The molecule has 0 aliphatic carbocycles. The van der Waals surface area contributed by atoms with Crippen molar-refractivity contribution in [3.8, 4) is 34.5 Å². The van der Waals surface area contributed by atoms with Gasteiger partial charge in [0.1, 0.15) is 46.7 Å². The van der Waals surface area contributed by atoms with E-state index in [-0.39, 0.29) is 46.5 Å². The average Bonchev–Trinajstić information content (AvgIpc) is 3.83. The third kappa shape index (κ3) is 14.9. The van der Waals surface area contributed by atoms with Gasteiger partial charge in [0, 0.05) is 74.4 Å². The Labute approximate surface area is 370 Å². The maximum atomic E-state index is 12.7. The zero-order valence-corrected chi connectivity index (χ0v) is 37.4. The van der Waals surface area contributed by atoms with Crippen LogP contribution in [0.3, 0.4) is 0 Å². The number of rotatable bonds is 16. The molecule has 0 aliphatic heterocycles. The summed E-state index contributed by atoms with van der Waals surface area (Å²) in [5, 5.41) is 32.2. The Balaban J connectivity index is 0.000000272. The molecule has 63 heavy (non-hydrogen) atoms. The zero-order chi connectivity index (χ0) is 45.2. The third-order valence-corrected chi connectivity index (χ3v) is 10.6. The van der Waals surface area contributed by atoms with Crippen molar-refractivity contribution in [2.24, 2.45) is 14.1 Å². The van der Waals surface area contributed by atoms with Crippen LogP contribution in [0.2, 0.25) is 0 Å². The summed E-state index contributed by atoms with van der Waals surface area (Å²) < 4.78 is 72.5. The first kappa shape index (κ1) is 49.2. The zero-order valence-electron chi connectivity index (χ0n) is 35.0. The topological polar surface area (TPSA) is 240 Å². The maximum absolute atomic E-state index is 12.7. The van der Waals surface area contributed by atoms with E-state index in [1.807, 2.05) is 0 Å². The van der Waals surface area contributed by atoms with Gasteiger partial charge in [0.05, 0.1) is 23.0 Å². The summed E-state index contributed by atoms with van der Waals surface area (Å²) in [5.74, 6) is 1.99. The Kier molecular flexibility index (Phi) is 16.8. The minimum absolute atomic E-state index is 0. The van der Waals surface area contributed by atoms with Gasteiger partial charge in [-0.2, -0.15) is 10.2 Å². The van der Waals surface area contributed by atoms with Crippen LogP contribution in [0.4, 0.5) is 11.6 Å². The lowest BCUT2D eigenvalue weighted by molar-refractivity contribution is 0.101. The molecule has 0 radical (unpaired) electrons. The Morgan fingerprint density at radius 1 is 0.571 bits per heavy atom. The van der Waals surface area contributed by atoms with Gasteiger partial charge in [0.2, 0.25) is 0 Å². The van der Waals surface area contributed by atoms with E-state index in [4.69, 9.17) is 18.9 Å². The molecule has 18 nitrogen and oxygen atoms in total. The molecule has 4 aromatic carbocycles.